The van der Waals surface area contributed by atoms with Crippen LogP contribution in [-0.4, -0.2) is 57.4 Å². The zero-order valence-corrected chi connectivity index (χ0v) is 22.9. The standard InChI is InChI=1S/C30H36N2O6S/c1-22-28(20-32-15-17-36-18-16-32)37-30(38-29(22)25-11-9-24(21-33)10-12-25)26-13-7-23(8-14-26)19-31-39(34,35)27-5-3-2-4-6-27/h2-14,22,28-31,33H,15-21H2,1H3/t22-,28+,29+,30+/m1/s1. The van der Waals surface area contributed by atoms with E-state index in [9.17, 15) is 13.5 Å². The Morgan fingerprint density at radius 3 is 2.18 bits per heavy atom. The van der Waals surface area contributed by atoms with Crippen LogP contribution in [0.5, 0.6) is 0 Å². The highest BCUT2D eigenvalue weighted by atomic mass is 32.2. The molecule has 0 aromatic heterocycles. The van der Waals surface area contributed by atoms with Gasteiger partial charge in [0.15, 0.2) is 6.29 Å². The molecule has 2 aliphatic rings. The van der Waals surface area contributed by atoms with Gasteiger partial charge in [-0.15, -0.1) is 0 Å². The topological polar surface area (TPSA) is 97.3 Å². The van der Waals surface area contributed by atoms with Gasteiger partial charge in [0, 0.05) is 37.7 Å². The molecule has 9 heteroatoms. The van der Waals surface area contributed by atoms with Gasteiger partial charge in [0.05, 0.1) is 36.9 Å². The highest BCUT2D eigenvalue weighted by Crippen LogP contribution is 2.42. The van der Waals surface area contributed by atoms with Crippen LogP contribution in [0.25, 0.3) is 0 Å². The van der Waals surface area contributed by atoms with Crippen molar-refractivity contribution < 1.29 is 27.7 Å². The number of hydrogen-bond acceptors (Lipinski definition) is 7. The molecular weight excluding hydrogens is 516 g/mol. The average molecular weight is 553 g/mol. The van der Waals surface area contributed by atoms with Crippen molar-refractivity contribution in [3.8, 4) is 0 Å². The van der Waals surface area contributed by atoms with E-state index in [1.165, 1.54) is 0 Å². The van der Waals surface area contributed by atoms with Crippen molar-refractivity contribution in [2.24, 2.45) is 5.92 Å². The first-order chi connectivity index (χ1) is 18.9. The van der Waals surface area contributed by atoms with E-state index >= 15 is 0 Å². The molecule has 3 aromatic rings. The van der Waals surface area contributed by atoms with Crippen molar-refractivity contribution in [2.45, 2.75) is 43.5 Å². The highest BCUT2D eigenvalue weighted by Gasteiger charge is 2.39. The minimum absolute atomic E-state index is 0.000600. The first-order valence-corrected chi connectivity index (χ1v) is 14.9. The third kappa shape index (κ3) is 6.93. The van der Waals surface area contributed by atoms with E-state index in [1.54, 1.807) is 30.3 Å². The lowest BCUT2D eigenvalue weighted by molar-refractivity contribution is -0.277. The number of nitrogens with zero attached hydrogens (tertiary/aromatic N) is 1. The number of aliphatic hydroxyl groups excluding tert-OH is 1. The first kappa shape index (κ1) is 27.9. The van der Waals surface area contributed by atoms with Crippen molar-refractivity contribution in [2.75, 3.05) is 32.8 Å². The molecule has 3 aromatic carbocycles. The lowest BCUT2D eigenvalue weighted by Gasteiger charge is -2.43. The Hall–Kier alpha value is -2.63. The van der Waals surface area contributed by atoms with Crippen molar-refractivity contribution in [1.29, 1.82) is 0 Å². The lowest BCUT2D eigenvalue weighted by atomic mass is 9.90. The molecule has 0 bridgehead atoms. The summed E-state index contributed by atoms with van der Waals surface area (Å²) < 4.78 is 46.4. The fourth-order valence-corrected chi connectivity index (χ4v) is 6.06. The predicted molar refractivity (Wildman–Crippen MR) is 147 cm³/mol. The highest BCUT2D eigenvalue weighted by molar-refractivity contribution is 7.89. The maximum Gasteiger partial charge on any atom is 0.240 e. The summed E-state index contributed by atoms with van der Waals surface area (Å²) >= 11 is 0. The summed E-state index contributed by atoms with van der Waals surface area (Å²) in [5.74, 6) is 0.107. The summed E-state index contributed by atoms with van der Waals surface area (Å²) in [6.45, 7) is 6.33. The number of sulfonamides is 1. The summed E-state index contributed by atoms with van der Waals surface area (Å²) in [4.78, 5) is 2.62. The molecule has 8 nitrogen and oxygen atoms in total. The number of ether oxygens (including phenoxy) is 3. The lowest BCUT2D eigenvalue weighted by Crippen LogP contribution is -2.47. The van der Waals surface area contributed by atoms with Gasteiger partial charge in [-0.3, -0.25) is 4.90 Å². The van der Waals surface area contributed by atoms with E-state index < -0.39 is 16.3 Å². The molecule has 2 heterocycles. The molecular formula is C30H36N2O6S. The maximum absolute atomic E-state index is 12.6. The number of aliphatic hydroxyl groups is 1. The van der Waals surface area contributed by atoms with Gasteiger partial charge >= 0.3 is 0 Å². The zero-order valence-electron chi connectivity index (χ0n) is 22.1. The Kier molecular flexibility index (Phi) is 9.09. The Morgan fingerprint density at radius 2 is 1.51 bits per heavy atom. The second kappa shape index (κ2) is 12.7. The molecule has 2 aliphatic heterocycles. The van der Waals surface area contributed by atoms with E-state index in [0.717, 1.165) is 55.1 Å². The van der Waals surface area contributed by atoms with Crippen LogP contribution in [0.4, 0.5) is 0 Å². The predicted octanol–water partition coefficient (Wildman–Crippen LogP) is 3.78. The van der Waals surface area contributed by atoms with Gasteiger partial charge < -0.3 is 19.3 Å². The normalized spacial score (nSPS) is 24.5. The maximum atomic E-state index is 12.6. The molecule has 2 N–H and O–H groups in total. The summed E-state index contributed by atoms with van der Waals surface area (Å²) in [5, 5.41) is 9.46. The molecule has 0 spiro atoms. The molecule has 5 rings (SSSR count). The Labute approximate surface area is 230 Å². The largest absolute Gasteiger partial charge is 0.392 e. The van der Waals surface area contributed by atoms with E-state index in [4.69, 9.17) is 14.2 Å². The van der Waals surface area contributed by atoms with E-state index in [-0.39, 0.29) is 36.2 Å². The fraction of sp³-hybridized carbons (Fsp3) is 0.400. The van der Waals surface area contributed by atoms with Crippen LogP contribution in [0.15, 0.2) is 83.8 Å². The summed E-state index contributed by atoms with van der Waals surface area (Å²) in [7, 11) is -3.59. The molecule has 0 amide bonds. The Bertz CT molecular complexity index is 1300. The SMILES string of the molecule is C[C@@H]1[C@H](CN2CCOCC2)O[C@H](c2ccc(CNS(=O)(=O)c3ccccc3)cc2)O[C@@H]1c1ccc(CO)cc1. The van der Waals surface area contributed by atoms with Crippen LogP contribution in [0, 0.1) is 5.92 Å². The van der Waals surface area contributed by atoms with Gasteiger partial charge in [-0.05, 0) is 28.8 Å². The van der Waals surface area contributed by atoms with Gasteiger partial charge in [-0.1, -0.05) is 73.7 Å². The third-order valence-electron chi connectivity index (χ3n) is 7.44. The van der Waals surface area contributed by atoms with Crippen LogP contribution in [0.3, 0.4) is 0 Å². The number of morpholine rings is 1. The van der Waals surface area contributed by atoms with Gasteiger partial charge in [0.2, 0.25) is 10.0 Å². The number of rotatable bonds is 9. The molecule has 4 atom stereocenters. The molecule has 2 saturated heterocycles. The molecule has 0 radical (unpaired) electrons. The third-order valence-corrected chi connectivity index (χ3v) is 8.85. The molecule has 39 heavy (non-hydrogen) atoms. The second-order valence-corrected chi connectivity index (χ2v) is 11.9. The number of hydrogen-bond donors (Lipinski definition) is 2. The number of nitrogens with one attached hydrogen (secondary N) is 1. The van der Waals surface area contributed by atoms with E-state index in [2.05, 4.69) is 16.5 Å². The van der Waals surface area contributed by atoms with Crippen molar-refractivity contribution >= 4 is 10.0 Å². The minimum Gasteiger partial charge on any atom is -0.392 e. The first-order valence-electron chi connectivity index (χ1n) is 13.4. The minimum atomic E-state index is -3.59. The van der Waals surface area contributed by atoms with Gasteiger partial charge in [-0.2, -0.15) is 0 Å². The van der Waals surface area contributed by atoms with Crippen molar-refractivity contribution in [3.63, 3.8) is 0 Å². The van der Waals surface area contributed by atoms with Crippen LogP contribution in [0.1, 0.15) is 41.6 Å². The fourth-order valence-electron chi connectivity index (χ4n) is 5.02. The molecule has 2 fully saturated rings. The quantitative estimate of drug-likeness (QED) is 0.417. The zero-order chi connectivity index (χ0) is 27.2. The molecule has 0 saturated carbocycles. The monoisotopic (exact) mass is 552 g/mol. The Morgan fingerprint density at radius 1 is 0.872 bits per heavy atom. The van der Waals surface area contributed by atoms with Crippen LogP contribution < -0.4 is 4.72 Å². The van der Waals surface area contributed by atoms with Crippen molar-refractivity contribution in [3.05, 3.63) is 101 Å². The van der Waals surface area contributed by atoms with Crippen molar-refractivity contribution in [1.82, 2.24) is 9.62 Å². The van der Waals surface area contributed by atoms with Crippen LogP contribution in [-0.2, 0) is 37.4 Å². The second-order valence-electron chi connectivity index (χ2n) is 10.1. The van der Waals surface area contributed by atoms with Crippen LogP contribution in [0.2, 0.25) is 0 Å². The summed E-state index contributed by atoms with van der Waals surface area (Å²) in [6, 6.07) is 23.9. The number of benzene rings is 3. The van der Waals surface area contributed by atoms with Crippen LogP contribution >= 0.6 is 0 Å². The smallest absolute Gasteiger partial charge is 0.240 e. The van der Waals surface area contributed by atoms with Gasteiger partial charge in [0.1, 0.15) is 0 Å². The average Bonchev–Trinajstić information content (AvgIpc) is 2.98. The van der Waals surface area contributed by atoms with Gasteiger partial charge in [0.25, 0.3) is 0 Å². The molecule has 208 valence electrons. The van der Waals surface area contributed by atoms with E-state index in [1.807, 2.05) is 48.5 Å². The summed E-state index contributed by atoms with van der Waals surface area (Å²) in [6.07, 6.45) is -0.800. The molecule has 0 unspecified atom stereocenters. The summed E-state index contributed by atoms with van der Waals surface area (Å²) in [5.41, 5.74) is 3.62. The Balaban J connectivity index is 1.31. The molecule has 0 aliphatic carbocycles. The van der Waals surface area contributed by atoms with Gasteiger partial charge in [-0.25, -0.2) is 13.1 Å². The van der Waals surface area contributed by atoms with E-state index in [0.29, 0.717) is 0 Å².